The highest BCUT2D eigenvalue weighted by molar-refractivity contribution is 5.93. The third-order valence-electron chi connectivity index (χ3n) is 4.42. The van der Waals surface area contributed by atoms with Crippen LogP contribution in [0.3, 0.4) is 0 Å². The molecule has 0 saturated heterocycles. The number of hydrogen-bond donors (Lipinski definition) is 1. The SMILES string of the molecule is Cn1nc(-c2ccccc2)cc1C(=O)NCc1ccnc(-c2cccnc2)c1. The van der Waals surface area contributed by atoms with Crippen molar-refractivity contribution in [3.8, 4) is 22.5 Å². The zero-order valence-corrected chi connectivity index (χ0v) is 15.4. The number of pyridine rings is 2. The van der Waals surface area contributed by atoms with Crippen molar-refractivity contribution < 1.29 is 4.79 Å². The standard InChI is InChI=1S/C22H19N5O/c1-27-21(13-20(26-27)17-6-3-2-4-7-17)22(28)25-14-16-9-11-24-19(12-16)18-8-5-10-23-15-18/h2-13,15H,14H2,1H3,(H,25,28). The summed E-state index contributed by atoms with van der Waals surface area (Å²) in [5.41, 5.74) is 5.00. The van der Waals surface area contributed by atoms with Crippen LogP contribution in [0.5, 0.6) is 0 Å². The molecular formula is C22H19N5O. The lowest BCUT2D eigenvalue weighted by atomic mass is 10.1. The molecule has 1 aromatic carbocycles. The zero-order valence-electron chi connectivity index (χ0n) is 15.4. The summed E-state index contributed by atoms with van der Waals surface area (Å²) in [7, 11) is 1.77. The van der Waals surface area contributed by atoms with Crippen molar-refractivity contribution in [2.24, 2.45) is 7.05 Å². The van der Waals surface area contributed by atoms with Crippen LogP contribution in [0.2, 0.25) is 0 Å². The van der Waals surface area contributed by atoms with Gasteiger partial charge in [-0.1, -0.05) is 30.3 Å². The third kappa shape index (κ3) is 3.81. The topological polar surface area (TPSA) is 72.7 Å². The summed E-state index contributed by atoms with van der Waals surface area (Å²) in [6.07, 6.45) is 5.23. The van der Waals surface area contributed by atoms with E-state index in [9.17, 15) is 4.79 Å². The highest BCUT2D eigenvalue weighted by Gasteiger charge is 2.14. The van der Waals surface area contributed by atoms with Crippen LogP contribution in [0.25, 0.3) is 22.5 Å². The van der Waals surface area contributed by atoms with Gasteiger partial charge in [0.05, 0.1) is 11.4 Å². The van der Waals surface area contributed by atoms with E-state index in [1.165, 1.54) is 0 Å². The number of carbonyl (C=O) groups is 1. The van der Waals surface area contributed by atoms with E-state index >= 15 is 0 Å². The van der Waals surface area contributed by atoms with E-state index in [0.29, 0.717) is 12.2 Å². The van der Waals surface area contributed by atoms with Gasteiger partial charge >= 0.3 is 0 Å². The Morgan fingerprint density at radius 1 is 0.964 bits per heavy atom. The van der Waals surface area contributed by atoms with E-state index in [0.717, 1.165) is 28.1 Å². The Labute approximate surface area is 162 Å². The van der Waals surface area contributed by atoms with Crippen LogP contribution in [-0.4, -0.2) is 25.7 Å². The average molecular weight is 369 g/mol. The molecule has 6 heteroatoms. The normalized spacial score (nSPS) is 10.6. The summed E-state index contributed by atoms with van der Waals surface area (Å²) in [6.45, 7) is 0.403. The van der Waals surface area contributed by atoms with Gasteiger partial charge in [0.25, 0.3) is 5.91 Å². The third-order valence-corrected chi connectivity index (χ3v) is 4.42. The lowest BCUT2D eigenvalue weighted by Crippen LogP contribution is -2.25. The Hall–Kier alpha value is -3.80. The Balaban J connectivity index is 1.47. The molecule has 0 aliphatic heterocycles. The molecule has 3 aromatic heterocycles. The Morgan fingerprint density at radius 3 is 2.57 bits per heavy atom. The number of aromatic nitrogens is 4. The van der Waals surface area contributed by atoms with Crippen LogP contribution in [0, 0.1) is 0 Å². The van der Waals surface area contributed by atoms with E-state index in [1.54, 1.807) is 36.4 Å². The number of nitrogens with zero attached hydrogens (tertiary/aromatic N) is 4. The molecule has 4 rings (SSSR count). The van der Waals surface area contributed by atoms with Gasteiger partial charge in [0.15, 0.2) is 0 Å². The maximum atomic E-state index is 12.6. The van der Waals surface area contributed by atoms with E-state index in [4.69, 9.17) is 0 Å². The van der Waals surface area contributed by atoms with Gasteiger partial charge in [-0.3, -0.25) is 19.4 Å². The molecule has 3 heterocycles. The second kappa shape index (κ2) is 7.84. The summed E-state index contributed by atoms with van der Waals surface area (Å²) in [4.78, 5) is 21.1. The van der Waals surface area contributed by atoms with Crippen molar-refractivity contribution in [1.29, 1.82) is 0 Å². The number of hydrogen-bond acceptors (Lipinski definition) is 4. The van der Waals surface area contributed by atoms with Crippen LogP contribution in [-0.2, 0) is 13.6 Å². The molecule has 0 aliphatic carbocycles. The maximum Gasteiger partial charge on any atom is 0.269 e. The number of benzene rings is 1. The predicted octanol–water partition coefficient (Wildman–Crippen LogP) is 3.47. The molecule has 0 bridgehead atoms. The van der Waals surface area contributed by atoms with E-state index in [1.807, 2.05) is 54.6 Å². The summed E-state index contributed by atoms with van der Waals surface area (Å²) >= 11 is 0. The first-order valence-corrected chi connectivity index (χ1v) is 8.94. The number of amides is 1. The van der Waals surface area contributed by atoms with Crippen LogP contribution in [0.4, 0.5) is 0 Å². The molecule has 28 heavy (non-hydrogen) atoms. The monoisotopic (exact) mass is 369 g/mol. The summed E-state index contributed by atoms with van der Waals surface area (Å²) < 4.78 is 1.60. The van der Waals surface area contributed by atoms with Crippen LogP contribution >= 0.6 is 0 Å². The summed E-state index contributed by atoms with van der Waals surface area (Å²) in [5.74, 6) is -0.170. The van der Waals surface area contributed by atoms with Crippen LogP contribution < -0.4 is 5.32 Å². The summed E-state index contributed by atoms with van der Waals surface area (Å²) in [5, 5.41) is 7.41. The first-order chi connectivity index (χ1) is 13.7. The molecule has 0 fully saturated rings. The van der Waals surface area contributed by atoms with Crippen molar-refractivity contribution in [3.63, 3.8) is 0 Å². The number of rotatable bonds is 5. The molecule has 0 atom stereocenters. The molecule has 1 N–H and O–H groups in total. The Morgan fingerprint density at radius 2 is 1.79 bits per heavy atom. The van der Waals surface area contributed by atoms with Gasteiger partial charge in [-0.2, -0.15) is 5.10 Å². The van der Waals surface area contributed by atoms with Crippen molar-refractivity contribution in [1.82, 2.24) is 25.1 Å². The lowest BCUT2D eigenvalue weighted by molar-refractivity contribution is 0.0941. The predicted molar refractivity (Wildman–Crippen MR) is 107 cm³/mol. The second-order valence-electron chi connectivity index (χ2n) is 6.38. The van der Waals surface area contributed by atoms with Crippen LogP contribution in [0.1, 0.15) is 16.1 Å². The molecule has 6 nitrogen and oxygen atoms in total. The van der Waals surface area contributed by atoms with Crippen LogP contribution in [0.15, 0.2) is 79.3 Å². The first kappa shape index (κ1) is 17.6. The number of nitrogens with one attached hydrogen (secondary N) is 1. The molecule has 0 aliphatic rings. The number of carbonyl (C=O) groups excluding carboxylic acids is 1. The fourth-order valence-corrected chi connectivity index (χ4v) is 2.96. The van der Waals surface area contributed by atoms with Crippen molar-refractivity contribution in [3.05, 3.63) is 90.5 Å². The fraction of sp³-hybridized carbons (Fsp3) is 0.0909. The van der Waals surface area contributed by atoms with Gasteiger partial charge in [0, 0.05) is 43.3 Å². The highest BCUT2D eigenvalue weighted by Crippen LogP contribution is 2.19. The average Bonchev–Trinajstić information content (AvgIpc) is 3.15. The first-order valence-electron chi connectivity index (χ1n) is 8.94. The van der Waals surface area contributed by atoms with Crippen molar-refractivity contribution in [2.45, 2.75) is 6.54 Å². The number of aryl methyl sites for hydroxylation is 1. The zero-order chi connectivity index (χ0) is 19.3. The Kier molecular flexibility index (Phi) is 4.93. The molecule has 0 saturated carbocycles. The Bertz CT molecular complexity index is 1090. The van der Waals surface area contributed by atoms with Gasteiger partial charge in [0.2, 0.25) is 0 Å². The van der Waals surface area contributed by atoms with Gasteiger partial charge in [-0.05, 0) is 35.9 Å². The lowest BCUT2D eigenvalue weighted by Gasteiger charge is -2.07. The molecule has 1 amide bonds. The summed E-state index contributed by atoms with van der Waals surface area (Å²) in [6, 6.07) is 19.3. The van der Waals surface area contributed by atoms with Crippen molar-refractivity contribution in [2.75, 3.05) is 0 Å². The second-order valence-corrected chi connectivity index (χ2v) is 6.38. The van der Waals surface area contributed by atoms with E-state index < -0.39 is 0 Å². The minimum Gasteiger partial charge on any atom is -0.347 e. The smallest absolute Gasteiger partial charge is 0.269 e. The highest BCUT2D eigenvalue weighted by atomic mass is 16.2. The molecule has 4 aromatic rings. The molecule has 0 spiro atoms. The van der Waals surface area contributed by atoms with E-state index in [-0.39, 0.29) is 5.91 Å². The fourth-order valence-electron chi connectivity index (χ4n) is 2.96. The molecule has 138 valence electrons. The molecule has 0 unspecified atom stereocenters. The van der Waals surface area contributed by atoms with Gasteiger partial charge < -0.3 is 5.32 Å². The maximum absolute atomic E-state index is 12.6. The van der Waals surface area contributed by atoms with Crippen molar-refractivity contribution >= 4 is 5.91 Å². The minimum absolute atomic E-state index is 0.170. The van der Waals surface area contributed by atoms with Gasteiger partial charge in [0.1, 0.15) is 5.69 Å². The molecule has 0 radical (unpaired) electrons. The largest absolute Gasteiger partial charge is 0.347 e. The van der Waals surface area contributed by atoms with Gasteiger partial charge in [-0.15, -0.1) is 0 Å². The van der Waals surface area contributed by atoms with E-state index in [2.05, 4.69) is 20.4 Å². The molecular weight excluding hydrogens is 350 g/mol. The van der Waals surface area contributed by atoms with Gasteiger partial charge in [-0.25, -0.2) is 0 Å². The quantitative estimate of drug-likeness (QED) is 0.585. The minimum atomic E-state index is -0.170.